The minimum atomic E-state index is -0.662. The Hall–Kier alpha value is -3.12. The van der Waals surface area contributed by atoms with E-state index in [-0.39, 0.29) is 11.8 Å². The maximum atomic E-state index is 12.5. The van der Waals surface area contributed by atoms with Gasteiger partial charge in [-0.05, 0) is 23.8 Å². The fraction of sp³-hybridized carbons (Fsp3) is 0.105. The highest BCUT2D eigenvalue weighted by atomic mass is 35.5. The summed E-state index contributed by atoms with van der Waals surface area (Å²) in [6.07, 6.45) is 3.83. The largest absolute Gasteiger partial charge is 0.351 e. The van der Waals surface area contributed by atoms with E-state index in [1.54, 1.807) is 24.5 Å². The Bertz CT molecular complexity index is 968. The predicted molar refractivity (Wildman–Crippen MR) is 99.1 cm³/mol. The molecule has 3 N–H and O–H groups in total. The van der Waals surface area contributed by atoms with Gasteiger partial charge in [0.1, 0.15) is 6.04 Å². The van der Waals surface area contributed by atoms with Gasteiger partial charge >= 0.3 is 0 Å². The van der Waals surface area contributed by atoms with Crippen LogP contribution >= 0.6 is 11.6 Å². The van der Waals surface area contributed by atoms with Crippen LogP contribution in [0, 0.1) is 0 Å². The zero-order chi connectivity index (χ0) is 18.1. The van der Waals surface area contributed by atoms with E-state index in [1.165, 1.54) is 0 Å². The lowest BCUT2D eigenvalue weighted by Gasteiger charge is -2.14. The monoisotopic (exact) mass is 366 g/mol. The molecule has 3 aromatic rings. The summed E-state index contributed by atoms with van der Waals surface area (Å²) in [7, 11) is 0. The molecule has 0 fully saturated rings. The fourth-order valence-electron chi connectivity index (χ4n) is 2.94. The van der Waals surface area contributed by atoms with Crippen molar-refractivity contribution in [3.05, 3.63) is 71.1 Å². The number of aromatic nitrogens is 2. The first-order valence-corrected chi connectivity index (χ1v) is 8.47. The van der Waals surface area contributed by atoms with Crippen molar-refractivity contribution in [3.63, 3.8) is 0 Å². The number of imidazole rings is 1. The van der Waals surface area contributed by atoms with Crippen LogP contribution in [-0.4, -0.2) is 27.8 Å². The Morgan fingerprint density at radius 1 is 1.08 bits per heavy atom. The first-order chi connectivity index (χ1) is 12.6. The Morgan fingerprint density at radius 3 is 2.62 bits per heavy atom. The van der Waals surface area contributed by atoms with E-state index >= 15 is 0 Å². The van der Waals surface area contributed by atoms with Gasteiger partial charge in [-0.3, -0.25) is 9.59 Å². The molecular weight excluding hydrogens is 352 g/mol. The number of amides is 2. The molecule has 0 spiro atoms. The average Bonchev–Trinajstić information content (AvgIpc) is 3.14. The Kier molecular flexibility index (Phi) is 4.18. The summed E-state index contributed by atoms with van der Waals surface area (Å²) in [5.74, 6) is -0.574. The number of fused-ring (bicyclic) bond motifs is 1. The van der Waals surface area contributed by atoms with Crippen LogP contribution in [0.4, 0.5) is 5.69 Å². The van der Waals surface area contributed by atoms with Crippen molar-refractivity contribution in [1.29, 1.82) is 0 Å². The number of benzene rings is 2. The third-order valence-electron chi connectivity index (χ3n) is 4.29. The minimum Gasteiger partial charge on any atom is -0.351 e. The number of carbonyl (C=O) groups excluding carboxylic acids is 2. The summed E-state index contributed by atoms with van der Waals surface area (Å²) < 4.78 is 0. The van der Waals surface area contributed by atoms with Crippen LogP contribution in [-0.2, 0) is 11.2 Å². The third kappa shape index (κ3) is 3.19. The van der Waals surface area contributed by atoms with E-state index in [1.807, 2.05) is 30.5 Å². The van der Waals surface area contributed by atoms with Gasteiger partial charge in [0.15, 0.2) is 0 Å². The molecule has 0 radical (unpaired) electrons. The van der Waals surface area contributed by atoms with Crippen molar-refractivity contribution >= 4 is 29.1 Å². The van der Waals surface area contributed by atoms with Crippen LogP contribution in [0.2, 0.25) is 5.02 Å². The molecule has 2 heterocycles. The molecule has 4 rings (SSSR count). The number of nitrogens with one attached hydrogen (secondary N) is 3. The topological polar surface area (TPSA) is 86.9 Å². The number of anilines is 1. The number of carbonyl (C=O) groups is 2. The molecule has 2 amide bonds. The van der Waals surface area contributed by atoms with Gasteiger partial charge in [0.05, 0.1) is 23.3 Å². The highest BCUT2D eigenvalue weighted by Crippen LogP contribution is 2.24. The zero-order valence-corrected chi connectivity index (χ0v) is 14.4. The second-order valence-corrected chi connectivity index (χ2v) is 6.50. The number of H-pyrrole nitrogens is 1. The van der Waals surface area contributed by atoms with Gasteiger partial charge < -0.3 is 15.6 Å². The lowest BCUT2D eigenvalue weighted by molar-refractivity contribution is -0.117. The molecule has 1 aliphatic rings. The Labute approximate surface area is 154 Å². The third-order valence-corrected chi connectivity index (χ3v) is 4.53. The number of rotatable bonds is 3. The molecule has 0 saturated carbocycles. The standard InChI is InChI=1S/C19H15ClN4O2/c20-13-5-6-15-14(8-13)18(25)24-16(19(26)23-15)7-11-1-3-12(4-2-11)17-9-21-10-22-17/h1-6,8-10,16H,7H2,(H,21,22)(H,23,26)(H,24,25). The molecule has 0 bridgehead atoms. The fourth-order valence-corrected chi connectivity index (χ4v) is 3.12. The molecule has 0 aliphatic carbocycles. The predicted octanol–water partition coefficient (Wildman–Crippen LogP) is 3.02. The van der Waals surface area contributed by atoms with Gasteiger partial charge in [0.25, 0.3) is 5.91 Å². The van der Waals surface area contributed by atoms with Crippen LogP contribution in [0.1, 0.15) is 15.9 Å². The second kappa shape index (κ2) is 6.65. The van der Waals surface area contributed by atoms with Gasteiger partial charge in [-0.15, -0.1) is 0 Å². The summed E-state index contributed by atoms with van der Waals surface area (Å²) in [4.78, 5) is 32.1. The number of aromatic amines is 1. The molecule has 1 aliphatic heterocycles. The van der Waals surface area contributed by atoms with Crippen LogP contribution in [0.15, 0.2) is 55.0 Å². The summed E-state index contributed by atoms with van der Waals surface area (Å²) in [6.45, 7) is 0. The molecule has 0 saturated heterocycles. The minimum absolute atomic E-state index is 0.254. The van der Waals surface area contributed by atoms with Crippen LogP contribution < -0.4 is 10.6 Å². The van der Waals surface area contributed by atoms with Crippen LogP contribution in [0.3, 0.4) is 0 Å². The van der Waals surface area contributed by atoms with Gasteiger partial charge in [0.2, 0.25) is 5.91 Å². The number of hydrogen-bond donors (Lipinski definition) is 3. The molecule has 1 unspecified atom stereocenters. The van der Waals surface area contributed by atoms with Crippen molar-refractivity contribution in [2.75, 3.05) is 5.32 Å². The smallest absolute Gasteiger partial charge is 0.254 e. The lowest BCUT2D eigenvalue weighted by Crippen LogP contribution is -2.42. The van der Waals surface area contributed by atoms with Crippen molar-refractivity contribution in [3.8, 4) is 11.3 Å². The molecule has 7 heteroatoms. The maximum absolute atomic E-state index is 12.5. The first kappa shape index (κ1) is 16.4. The van der Waals surface area contributed by atoms with E-state index in [4.69, 9.17) is 11.6 Å². The van der Waals surface area contributed by atoms with Crippen LogP contribution in [0.25, 0.3) is 11.3 Å². The summed E-state index contributed by atoms with van der Waals surface area (Å²) in [6, 6.07) is 11.9. The quantitative estimate of drug-likeness (QED) is 0.666. The van der Waals surface area contributed by atoms with Gasteiger partial charge in [-0.1, -0.05) is 35.9 Å². The normalized spacial score (nSPS) is 16.4. The summed E-state index contributed by atoms with van der Waals surface area (Å²) in [5.41, 5.74) is 3.60. The highest BCUT2D eigenvalue weighted by Gasteiger charge is 2.28. The lowest BCUT2D eigenvalue weighted by atomic mass is 10.0. The molecule has 2 aromatic carbocycles. The van der Waals surface area contributed by atoms with Crippen molar-refractivity contribution in [2.24, 2.45) is 0 Å². The Morgan fingerprint density at radius 2 is 1.88 bits per heavy atom. The second-order valence-electron chi connectivity index (χ2n) is 6.06. The average molecular weight is 367 g/mol. The summed E-state index contributed by atoms with van der Waals surface area (Å²) in [5, 5.41) is 6.01. The highest BCUT2D eigenvalue weighted by molar-refractivity contribution is 6.31. The molecule has 1 aromatic heterocycles. The van der Waals surface area contributed by atoms with Gasteiger partial charge in [0, 0.05) is 23.2 Å². The zero-order valence-electron chi connectivity index (χ0n) is 13.6. The Balaban J connectivity index is 1.53. The summed E-state index contributed by atoms with van der Waals surface area (Å²) >= 11 is 5.95. The number of halogens is 1. The van der Waals surface area contributed by atoms with Gasteiger partial charge in [-0.2, -0.15) is 0 Å². The van der Waals surface area contributed by atoms with Crippen molar-refractivity contribution in [1.82, 2.24) is 15.3 Å². The van der Waals surface area contributed by atoms with Crippen molar-refractivity contribution in [2.45, 2.75) is 12.5 Å². The maximum Gasteiger partial charge on any atom is 0.254 e. The van der Waals surface area contributed by atoms with E-state index < -0.39 is 6.04 Å². The number of hydrogen-bond acceptors (Lipinski definition) is 3. The van der Waals surface area contributed by atoms with E-state index in [0.29, 0.717) is 22.7 Å². The molecule has 1 atom stereocenters. The molecule has 26 heavy (non-hydrogen) atoms. The first-order valence-electron chi connectivity index (χ1n) is 8.09. The molecular formula is C19H15ClN4O2. The number of nitrogens with zero attached hydrogens (tertiary/aromatic N) is 1. The molecule has 130 valence electrons. The molecule has 6 nitrogen and oxygen atoms in total. The van der Waals surface area contributed by atoms with E-state index in [2.05, 4.69) is 20.6 Å². The van der Waals surface area contributed by atoms with Gasteiger partial charge in [-0.25, -0.2) is 4.98 Å². The van der Waals surface area contributed by atoms with E-state index in [9.17, 15) is 9.59 Å². The van der Waals surface area contributed by atoms with E-state index in [0.717, 1.165) is 16.8 Å². The van der Waals surface area contributed by atoms with Crippen molar-refractivity contribution < 1.29 is 9.59 Å². The SMILES string of the molecule is O=C1NC(Cc2ccc(-c3c[nH]cn3)cc2)C(=O)Nc2ccc(Cl)cc21. The van der Waals surface area contributed by atoms with Crippen LogP contribution in [0.5, 0.6) is 0 Å².